The lowest BCUT2D eigenvalue weighted by atomic mass is 9.98. The van der Waals surface area contributed by atoms with Gasteiger partial charge in [-0.25, -0.2) is 4.79 Å². The minimum Gasteiger partial charge on any atom is -0.496 e. The average molecular weight is 379 g/mol. The van der Waals surface area contributed by atoms with Crippen LogP contribution in [0.15, 0.2) is 48.5 Å². The van der Waals surface area contributed by atoms with Gasteiger partial charge in [-0.15, -0.1) is 0 Å². The molecule has 138 valence electrons. The van der Waals surface area contributed by atoms with Crippen molar-refractivity contribution < 1.29 is 32.4 Å². The second-order valence-corrected chi connectivity index (χ2v) is 6.86. The molecule has 0 heterocycles. The van der Waals surface area contributed by atoms with E-state index in [0.717, 1.165) is 0 Å². The fraction of sp³-hybridized carbons (Fsp3) is 0.176. The maximum absolute atomic E-state index is 12.5. The van der Waals surface area contributed by atoms with Crippen LogP contribution in [0.2, 0.25) is 0 Å². The molecular formula is C17H17NO7S. The third kappa shape index (κ3) is 4.80. The number of carboxylic acid groups (broad SMARTS) is 1. The summed E-state index contributed by atoms with van der Waals surface area (Å²) in [6.07, 6.45) is 0. The van der Waals surface area contributed by atoms with Crippen LogP contribution in [0.4, 0.5) is 0 Å². The number of hydrogen-bond acceptors (Lipinski definition) is 5. The van der Waals surface area contributed by atoms with Gasteiger partial charge in [-0.05, 0) is 17.7 Å². The second kappa shape index (κ2) is 7.98. The van der Waals surface area contributed by atoms with E-state index < -0.39 is 33.8 Å². The third-order valence-electron chi connectivity index (χ3n) is 3.55. The number of carbonyl (C=O) groups excluding carboxylic acids is 1. The summed E-state index contributed by atoms with van der Waals surface area (Å²) in [5, 5.41) is 11.2. The summed E-state index contributed by atoms with van der Waals surface area (Å²) in [6.45, 7) is 0. The first-order chi connectivity index (χ1) is 12.2. The van der Waals surface area contributed by atoms with E-state index in [0.29, 0.717) is 16.9 Å². The van der Waals surface area contributed by atoms with Gasteiger partial charge in [0.05, 0.1) is 7.11 Å². The molecule has 0 spiro atoms. The summed E-state index contributed by atoms with van der Waals surface area (Å²) in [7, 11) is -3.10. The smallest absolute Gasteiger partial charge is 0.327 e. The van der Waals surface area contributed by atoms with Crippen molar-refractivity contribution >= 4 is 22.0 Å². The van der Waals surface area contributed by atoms with Gasteiger partial charge in [-0.3, -0.25) is 9.35 Å². The lowest BCUT2D eigenvalue weighted by molar-refractivity contribution is -0.138. The number of benzene rings is 2. The molecular weight excluding hydrogens is 362 g/mol. The van der Waals surface area contributed by atoms with Crippen molar-refractivity contribution in [1.82, 2.24) is 5.32 Å². The van der Waals surface area contributed by atoms with E-state index >= 15 is 0 Å². The summed E-state index contributed by atoms with van der Waals surface area (Å²) in [6, 6.07) is 11.6. The van der Waals surface area contributed by atoms with Gasteiger partial charge in [0.25, 0.3) is 16.0 Å². The maximum atomic E-state index is 12.5. The SMILES string of the molecule is COc1ccccc1-c1ccccc1C(=O)N[C@@H](CS(=O)(=O)O)C(=O)O. The Hall–Kier alpha value is -2.91. The summed E-state index contributed by atoms with van der Waals surface area (Å²) >= 11 is 0. The van der Waals surface area contributed by atoms with E-state index in [1.165, 1.54) is 13.2 Å². The fourth-order valence-corrected chi connectivity index (χ4v) is 3.05. The largest absolute Gasteiger partial charge is 0.496 e. The lowest BCUT2D eigenvalue weighted by Crippen LogP contribution is -2.45. The van der Waals surface area contributed by atoms with E-state index in [1.807, 2.05) is 0 Å². The number of methoxy groups -OCH3 is 1. The summed E-state index contributed by atoms with van der Waals surface area (Å²) in [4.78, 5) is 23.7. The van der Waals surface area contributed by atoms with Crippen LogP contribution in [0.1, 0.15) is 10.4 Å². The van der Waals surface area contributed by atoms with Gasteiger partial charge < -0.3 is 15.2 Å². The number of carbonyl (C=O) groups is 2. The highest BCUT2D eigenvalue weighted by molar-refractivity contribution is 7.85. The third-order valence-corrected chi connectivity index (χ3v) is 4.30. The Bertz CT molecular complexity index is 924. The van der Waals surface area contributed by atoms with Crippen molar-refractivity contribution in [2.75, 3.05) is 12.9 Å². The molecule has 2 aromatic rings. The molecule has 0 fully saturated rings. The first kappa shape index (κ1) is 19.4. The standard InChI is InChI=1S/C17H17NO7S/c1-25-15-9-5-4-7-12(15)11-6-2-3-8-13(11)16(19)18-14(17(20)21)10-26(22,23)24/h2-9,14H,10H2,1H3,(H,18,19)(H,20,21)(H,22,23,24)/t14-/m0/s1. The van der Waals surface area contributed by atoms with E-state index in [1.54, 1.807) is 42.5 Å². The molecule has 0 bridgehead atoms. The van der Waals surface area contributed by atoms with E-state index in [4.69, 9.17) is 14.4 Å². The molecule has 0 aliphatic heterocycles. The highest BCUT2D eigenvalue weighted by atomic mass is 32.2. The van der Waals surface area contributed by atoms with Crippen LogP contribution in [0.5, 0.6) is 5.75 Å². The lowest BCUT2D eigenvalue weighted by Gasteiger charge is -2.16. The summed E-state index contributed by atoms with van der Waals surface area (Å²) < 4.78 is 36.1. The molecule has 2 rings (SSSR count). The Labute approximate surface area is 150 Å². The Morgan fingerprint density at radius 1 is 1.08 bits per heavy atom. The zero-order chi connectivity index (χ0) is 19.3. The van der Waals surface area contributed by atoms with Crippen molar-refractivity contribution in [3.8, 4) is 16.9 Å². The van der Waals surface area contributed by atoms with Crippen LogP contribution in [0.25, 0.3) is 11.1 Å². The molecule has 1 atom stereocenters. The van der Waals surface area contributed by atoms with Crippen LogP contribution in [0, 0.1) is 0 Å². The average Bonchev–Trinajstić information content (AvgIpc) is 2.59. The van der Waals surface area contributed by atoms with Gasteiger partial charge in [0, 0.05) is 11.1 Å². The molecule has 8 nitrogen and oxygen atoms in total. The Morgan fingerprint density at radius 3 is 2.23 bits per heavy atom. The Balaban J connectivity index is 2.40. The molecule has 2 aromatic carbocycles. The molecule has 0 saturated heterocycles. The monoisotopic (exact) mass is 379 g/mol. The van der Waals surface area contributed by atoms with Crippen LogP contribution < -0.4 is 10.1 Å². The molecule has 1 amide bonds. The topological polar surface area (TPSA) is 130 Å². The number of hydrogen-bond donors (Lipinski definition) is 3. The van der Waals surface area contributed by atoms with Gasteiger partial charge in [-0.1, -0.05) is 36.4 Å². The van der Waals surface area contributed by atoms with Crippen molar-refractivity contribution in [2.24, 2.45) is 0 Å². The number of aliphatic carboxylic acids is 1. The van der Waals surface area contributed by atoms with Gasteiger partial charge in [0.15, 0.2) is 0 Å². The normalized spacial score (nSPS) is 12.2. The molecule has 9 heteroatoms. The molecule has 3 N–H and O–H groups in total. The van der Waals surface area contributed by atoms with Gasteiger partial charge >= 0.3 is 5.97 Å². The molecule has 26 heavy (non-hydrogen) atoms. The number of para-hydroxylation sites is 1. The predicted octanol–water partition coefficient (Wildman–Crippen LogP) is 1.43. The summed E-state index contributed by atoms with van der Waals surface area (Å²) in [5.41, 5.74) is 1.24. The highest BCUT2D eigenvalue weighted by Gasteiger charge is 2.27. The number of carboxylic acids is 1. The molecule has 0 radical (unpaired) electrons. The van der Waals surface area contributed by atoms with Crippen LogP contribution >= 0.6 is 0 Å². The molecule has 0 aliphatic rings. The minimum absolute atomic E-state index is 0.138. The molecule has 0 aromatic heterocycles. The zero-order valence-electron chi connectivity index (χ0n) is 13.7. The van der Waals surface area contributed by atoms with Gasteiger partial charge in [-0.2, -0.15) is 8.42 Å². The fourth-order valence-electron chi connectivity index (χ4n) is 2.40. The van der Waals surface area contributed by atoms with E-state index in [-0.39, 0.29) is 5.56 Å². The van der Waals surface area contributed by atoms with Crippen molar-refractivity contribution in [2.45, 2.75) is 6.04 Å². The Kier molecular flexibility index (Phi) is 5.96. The number of rotatable bonds is 7. The van der Waals surface area contributed by atoms with Crippen LogP contribution in [-0.2, 0) is 14.9 Å². The van der Waals surface area contributed by atoms with Crippen LogP contribution in [-0.4, -0.2) is 48.9 Å². The molecule has 0 saturated carbocycles. The minimum atomic E-state index is -4.58. The number of nitrogens with one attached hydrogen (secondary N) is 1. The number of ether oxygens (including phenoxy) is 1. The maximum Gasteiger partial charge on any atom is 0.327 e. The first-order valence-corrected chi connectivity index (χ1v) is 9.05. The van der Waals surface area contributed by atoms with Gasteiger partial charge in [0.1, 0.15) is 17.5 Å². The quantitative estimate of drug-likeness (QED) is 0.621. The predicted molar refractivity (Wildman–Crippen MR) is 93.7 cm³/mol. The van der Waals surface area contributed by atoms with Crippen molar-refractivity contribution in [1.29, 1.82) is 0 Å². The van der Waals surface area contributed by atoms with Crippen molar-refractivity contribution in [3.05, 3.63) is 54.1 Å². The highest BCUT2D eigenvalue weighted by Crippen LogP contribution is 2.32. The summed E-state index contributed by atoms with van der Waals surface area (Å²) in [5.74, 6) is -2.99. The van der Waals surface area contributed by atoms with Crippen LogP contribution in [0.3, 0.4) is 0 Å². The second-order valence-electron chi connectivity index (χ2n) is 5.36. The molecule has 0 aliphatic carbocycles. The number of amides is 1. The first-order valence-electron chi connectivity index (χ1n) is 7.44. The molecule has 0 unspecified atom stereocenters. The Morgan fingerprint density at radius 2 is 1.65 bits per heavy atom. The van der Waals surface area contributed by atoms with Crippen molar-refractivity contribution in [3.63, 3.8) is 0 Å². The zero-order valence-corrected chi connectivity index (χ0v) is 14.6. The van der Waals surface area contributed by atoms with E-state index in [9.17, 15) is 18.0 Å². The van der Waals surface area contributed by atoms with E-state index in [2.05, 4.69) is 5.32 Å². The van der Waals surface area contributed by atoms with Gasteiger partial charge in [0.2, 0.25) is 0 Å².